The molecule has 0 spiro atoms. The van der Waals surface area contributed by atoms with Crippen LogP contribution in [0, 0.1) is 11.6 Å². The number of piperazine rings is 1. The van der Waals surface area contributed by atoms with E-state index in [0.29, 0.717) is 43.9 Å². The monoisotopic (exact) mass is 679 g/mol. The lowest BCUT2D eigenvalue weighted by Crippen LogP contribution is -2.55. The second-order valence-corrected chi connectivity index (χ2v) is 15.7. The molecule has 0 bridgehead atoms. The Morgan fingerprint density at radius 2 is 1.69 bits per heavy atom. The quantitative estimate of drug-likeness (QED) is 0.267. The van der Waals surface area contributed by atoms with Crippen molar-refractivity contribution in [3.63, 3.8) is 0 Å². The predicted octanol–water partition coefficient (Wildman–Crippen LogP) is 2.12. The Kier molecular flexibility index (Phi) is 10.2. The SMILES string of the molecule is CCC(=O)N[C@@H](C(=O)N1CCN(C)CC1)[C@@H](C)c1ccc(NC(=O)[C@@]2(NC(=O)c3ccnn3CC)[SiH2][C@@]2(C)c2ccc(F)cc2)c(F)c1. The first kappa shape index (κ1) is 34.9. The number of hydrogen-bond acceptors (Lipinski definition) is 6. The average molecular weight is 680 g/mol. The van der Waals surface area contributed by atoms with Crippen LogP contribution in [0.3, 0.4) is 0 Å². The van der Waals surface area contributed by atoms with E-state index in [9.17, 15) is 23.6 Å². The van der Waals surface area contributed by atoms with Crippen LogP contribution in [0.4, 0.5) is 14.5 Å². The third-order valence-corrected chi connectivity index (χ3v) is 12.9. The molecule has 3 heterocycles. The van der Waals surface area contributed by atoms with E-state index >= 15 is 4.39 Å². The van der Waals surface area contributed by atoms with Crippen molar-refractivity contribution in [1.82, 2.24) is 30.2 Å². The molecule has 14 heteroatoms. The van der Waals surface area contributed by atoms with Gasteiger partial charge in [-0.15, -0.1) is 0 Å². The van der Waals surface area contributed by atoms with Crippen LogP contribution >= 0.6 is 0 Å². The van der Waals surface area contributed by atoms with Crippen LogP contribution < -0.4 is 16.0 Å². The topological polar surface area (TPSA) is 129 Å². The van der Waals surface area contributed by atoms with E-state index in [0.717, 1.165) is 0 Å². The Morgan fingerprint density at radius 1 is 1.00 bits per heavy atom. The molecule has 2 saturated heterocycles. The predicted molar refractivity (Wildman–Crippen MR) is 180 cm³/mol. The van der Waals surface area contributed by atoms with Gasteiger partial charge in [-0.25, -0.2) is 8.78 Å². The highest BCUT2D eigenvalue weighted by Crippen LogP contribution is 2.50. The molecule has 4 atom stereocenters. The van der Waals surface area contributed by atoms with Crippen molar-refractivity contribution >= 4 is 38.8 Å². The molecule has 48 heavy (non-hydrogen) atoms. The van der Waals surface area contributed by atoms with Gasteiger partial charge in [0.1, 0.15) is 28.5 Å². The summed E-state index contributed by atoms with van der Waals surface area (Å²) in [6.07, 6.45) is 1.70. The summed E-state index contributed by atoms with van der Waals surface area (Å²) in [5.74, 6) is -3.29. The molecule has 0 saturated carbocycles. The standard InChI is InChI=1S/C34H43F2N7O4Si/c1-6-28(44)39-29(31(46)42-18-16-41(5)17-19-42)21(3)22-8-13-26(25(36)20-22)38-32(47)34(40-30(45)27-14-15-37-43(27)7-2)33(4,48-34)23-9-11-24(35)12-10-23/h8-15,20-21,29H,6-7,16-19,48H2,1-5H3,(H,38,47)(H,39,44)(H,40,45)/t21-,29+,33-,34+/m0/s1. The van der Waals surface area contributed by atoms with Crippen molar-refractivity contribution in [3.05, 3.63) is 83.2 Å². The van der Waals surface area contributed by atoms with Crippen LogP contribution in [0.1, 0.15) is 61.6 Å². The van der Waals surface area contributed by atoms with E-state index in [4.69, 9.17) is 0 Å². The maximum absolute atomic E-state index is 15.8. The first-order valence-corrected chi connectivity index (χ1v) is 17.7. The van der Waals surface area contributed by atoms with Crippen molar-refractivity contribution in [3.8, 4) is 0 Å². The molecule has 0 aliphatic carbocycles. The van der Waals surface area contributed by atoms with E-state index in [-0.39, 0.29) is 29.6 Å². The average Bonchev–Trinajstić information content (AvgIpc) is 3.41. The first-order valence-electron chi connectivity index (χ1n) is 16.3. The van der Waals surface area contributed by atoms with Gasteiger partial charge >= 0.3 is 0 Å². The fourth-order valence-corrected chi connectivity index (χ4v) is 8.86. The smallest absolute Gasteiger partial charge is 0.270 e. The molecule has 2 fully saturated rings. The molecule has 3 N–H and O–H groups in total. The minimum Gasteiger partial charge on any atom is -0.344 e. The van der Waals surface area contributed by atoms with Gasteiger partial charge in [0.05, 0.1) is 15.2 Å². The number of carbonyl (C=O) groups excluding carboxylic acids is 4. The van der Waals surface area contributed by atoms with E-state index in [1.807, 2.05) is 20.9 Å². The lowest BCUT2D eigenvalue weighted by Gasteiger charge is -2.36. The van der Waals surface area contributed by atoms with Gasteiger partial charge in [-0.05, 0) is 55.4 Å². The molecule has 3 aromatic rings. The number of amides is 4. The fraction of sp³-hybridized carbons (Fsp3) is 0.441. The molecular formula is C34H43F2N7O4Si. The van der Waals surface area contributed by atoms with Crippen molar-refractivity contribution in [2.24, 2.45) is 0 Å². The van der Waals surface area contributed by atoms with Gasteiger partial charge in [-0.1, -0.05) is 39.0 Å². The van der Waals surface area contributed by atoms with Crippen LogP contribution in [-0.2, 0) is 26.0 Å². The summed E-state index contributed by atoms with van der Waals surface area (Å²) in [6.45, 7) is 10.1. The third-order valence-electron chi connectivity index (χ3n) is 9.87. The molecular weight excluding hydrogens is 637 g/mol. The summed E-state index contributed by atoms with van der Waals surface area (Å²) < 4.78 is 31.1. The minimum atomic E-state index is -1.42. The highest BCUT2D eigenvalue weighted by atomic mass is 28.2. The second kappa shape index (κ2) is 14.0. The number of carbonyl (C=O) groups is 4. The van der Waals surface area contributed by atoms with Gasteiger partial charge < -0.3 is 25.8 Å². The second-order valence-electron chi connectivity index (χ2n) is 12.9. The lowest BCUT2D eigenvalue weighted by molar-refractivity contribution is -0.138. The number of rotatable bonds is 11. The molecule has 0 unspecified atom stereocenters. The number of halogens is 2. The summed E-state index contributed by atoms with van der Waals surface area (Å²) in [5.41, 5.74) is 1.37. The van der Waals surface area contributed by atoms with Crippen molar-refractivity contribution in [2.45, 2.75) is 62.8 Å². The number of benzene rings is 2. The molecule has 2 aliphatic rings. The largest absolute Gasteiger partial charge is 0.344 e. The molecule has 2 aromatic carbocycles. The normalized spacial score (nSPS) is 22.5. The van der Waals surface area contributed by atoms with Crippen molar-refractivity contribution in [1.29, 1.82) is 0 Å². The number of aromatic nitrogens is 2. The Morgan fingerprint density at radius 3 is 2.31 bits per heavy atom. The Balaban J connectivity index is 1.39. The maximum Gasteiger partial charge on any atom is 0.270 e. The fourth-order valence-electron chi connectivity index (χ4n) is 6.49. The van der Waals surface area contributed by atoms with E-state index in [1.54, 1.807) is 43.0 Å². The van der Waals surface area contributed by atoms with Gasteiger partial charge in [-0.2, -0.15) is 5.10 Å². The van der Waals surface area contributed by atoms with Gasteiger partial charge in [0, 0.05) is 56.3 Å². The van der Waals surface area contributed by atoms with Crippen molar-refractivity contribution in [2.75, 3.05) is 38.5 Å². The molecule has 256 valence electrons. The molecule has 4 amide bonds. The van der Waals surface area contributed by atoms with E-state index < -0.39 is 55.1 Å². The summed E-state index contributed by atoms with van der Waals surface area (Å²) in [4.78, 5) is 57.4. The van der Waals surface area contributed by atoms with Crippen LogP contribution in [0.15, 0.2) is 54.7 Å². The van der Waals surface area contributed by atoms with E-state index in [1.165, 1.54) is 35.1 Å². The number of hydrogen-bond donors (Lipinski definition) is 3. The number of likely N-dealkylation sites (N-methyl/N-ethyl adjacent to an activating group) is 1. The van der Waals surface area contributed by atoms with Gasteiger partial charge in [0.15, 0.2) is 0 Å². The summed E-state index contributed by atoms with van der Waals surface area (Å²) >= 11 is 0. The third kappa shape index (κ3) is 6.76. The van der Waals surface area contributed by atoms with Gasteiger partial charge in [0.2, 0.25) is 17.7 Å². The molecule has 1 aromatic heterocycles. The Labute approximate surface area is 281 Å². The zero-order valence-electron chi connectivity index (χ0n) is 28.0. The number of aryl methyl sites for hydroxylation is 1. The number of anilines is 1. The molecule has 0 radical (unpaired) electrons. The van der Waals surface area contributed by atoms with Crippen LogP contribution in [0.25, 0.3) is 0 Å². The van der Waals surface area contributed by atoms with Crippen LogP contribution in [-0.4, -0.2) is 97.2 Å². The molecule has 5 rings (SSSR count). The maximum atomic E-state index is 15.8. The summed E-state index contributed by atoms with van der Waals surface area (Å²) in [5, 5.41) is 10.5. The highest BCUT2D eigenvalue weighted by molar-refractivity contribution is 6.68. The number of nitrogens with zero attached hydrogens (tertiary/aromatic N) is 4. The Bertz CT molecular complexity index is 1690. The molecule has 2 aliphatic heterocycles. The Hall–Kier alpha value is -4.43. The zero-order chi connectivity index (χ0) is 34.8. The van der Waals surface area contributed by atoms with Crippen molar-refractivity contribution < 1.29 is 28.0 Å². The minimum absolute atomic E-state index is 0.0925. The van der Waals surface area contributed by atoms with Crippen LogP contribution in [0.5, 0.6) is 0 Å². The van der Waals surface area contributed by atoms with Gasteiger partial charge in [-0.3, -0.25) is 23.9 Å². The van der Waals surface area contributed by atoms with Crippen LogP contribution in [0.2, 0.25) is 0 Å². The molecule has 11 nitrogen and oxygen atoms in total. The first-order chi connectivity index (χ1) is 22.8. The number of nitrogens with one attached hydrogen (secondary N) is 3. The highest BCUT2D eigenvalue weighted by Gasteiger charge is 2.71. The summed E-state index contributed by atoms with van der Waals surface area (Å²) in [6, 6.07) is 10.8. The zero-order valence-corrected chi connectivity index (χ0v) is 29.4. The van der Waals surface area contributed by atoms with E-state index in [2.05, 4.69) is 25.9 Å². The summed E-state index contributed by atoms with van der Waals surface area (Å²) in [7, 11) is 0.567. The lowest BCUT2D eigenvalue weighted by atomic mass is 9.91. The van der Waals surface area contributed by atoms with Gasteiger partial charge in [0.25, 0.3) is 5.91 Å².